The van der Waals surface area contributed by atoms with Gasteiger partial charge in [0.15, 0.2) is 5.82 Å². The summed E-state index contributed by atoms with van der Waals surface area (Å²) >= 11 is 0. The number of hydrogen-bond donors (Lipinski definition) is 1. The number of benzene rings is 2. The molecule has 17 heteroatoms. The highest BCUT2D eigenvalue weighted by Gasteiger charge is 2.49. The van der Waals surface area contributed by atoms with Crippen LogP contribution in [-0.2, 0) is 21.5 Å². The average molecular weight is 796 g/mol. The number of alkyl halides is 2. The Hall–Kier alpha value is -4.48. The first kappa shape index (κ1) is 37.1. The summed E-state index contributed by atoms with van der Waals surface area (Å²) in [6, 6.07) is 8.34. The molecule has 298 valence electrons. The lowest BCUT2D eigenvalue weighted by atomic mass is 9.91. The Bertz CT molecular complexity index is 2320. The zero-order chi connectivity index (χ0) is 38.8. The Morgan fingerprint density at radius 2 is 1.91 bits per heavy atom. The number of carbonyl (C=O) groups excluding carboxylic acids is 1. The summed E-state index contributed by atoms with van der Waals surface area (Å²) in [6.07, 6.45) is 3.01. The van der Waals surface area contributed by atoms with Crippen LogP contribution in [0.15, 0.2) is 36.5 Å². The summed E-state index contributed by atoms with van der Waals surface area (Å²) in [7, 11) is -4.39. The van der Waals surface area contributed by atoms with E-state index in [1.165, 1.54) is 12.3 Å². The molecule has 13 nitrogen and oxygen atoms in total. The third kappa shape index (κ3) is 6.84. The first-order chi connectivity index (χ1) is 26.9. The van der Waals surface area contributed by atoms with E-state index in [1.54, 1.807) is 18.2 Å². The second kappa shape index (κ2) is 14.2. The van der Waals surface area contributed by atoms with Gasteiger partial charge in [0, 0.05) is 50.9 Å². The smallest absolute Gasteiger partial charge is 0.407 e. The Morgan fingerprint density at radius 1 is 1.05 bits per heavy atom. The van der Waals surface area contributed by atoms with E-state index in [1.807, 2.05) is 17.9 Å². The highest BCUT2D eigenvalue weighted by atomic mass is 32.2. The fourth-order valence-electron chi connectivity index (χ4n) is 9.38. The molecule has 2 aromatic heterocycles. The van der Waals surface area contributed by atoms with Gasteiger partial charge in [0.2, 0.25) is 0 Å². The predicted octanol–water partition coefficient (Wildman–Crippen LogP) is 5.64. The zero-order valence-electron chi connectivity index (χ0n) is 31.1. The number of alkyl carbamates (subject to hydrolysis) is 1. The highest BCUT2D eigenvalue weighted by Crippen LogP contribution is 2.42. The van der Waals surface area contributed by atoms with Crippen molar-refractivity contribution in [1.82, 2.24) is 29.5 Å². The van der Waals surface area contributed by atoms with Gasteiger partial charge in [-0.05, 0) is 86.9 Å². The second-order valence-corrected chi connectivity index (χ2v) is 17.6. The Balaban J connectivity index is 1.20. The second-order valence-electron chi connectivity index (χ2n) is 16.1. The summed E-state index contributed by atoms with van der Waals surface area (Å²) < 4.78 is 91.3. The molecular weight excluding hydrogens is 752 g/mol. The van der Waals surface area contributed by atoms with Gasteiger partial charge < -0.3 is 23.9 Å². The number of anilines is 1. The molecule has 1 N–H and O–H groups in total. The molecule has 2 aromatic carbocycles. The molecule has 4 saturated heterocycles. The van der Waals surface area contributed by atoms with E-state index in [0.29, 0.717) is 73.7 Å². The third-order valence-corrected chi connectivity index (χ3v) is 13.4. The topological polar surface area (TPSA) is 139 Å². The Labute approximate surface area is 322 Å². The molecule has 0 aliphatic carbocycles. The van der Waals surface area contributed by atoms with Crippen LogP contribution < -0.4 is 19.1 Å². The van der Waals surface area contributed by atoms with Crippen molar-refractivity contribution in [1.29, 1.82) is 0 Å². The predicted molar refractivity (Wildman–Crippen MR) is 202 cm³/mol. The lowest BCUT2D eigenvalue weighted by Gasteiger charge is -2.41. The molecule has 0 saturated carbocycles. The normalized spacial score (nSPS) is 27.4. The fourth-order valence-corrected chi connectivity index (χ4v) is 10.5. The van der Waals surface area contributed by atoms with Crippen LogP contribution >= 0.6 is 0 Å². The molecule has 0 unspecified atom stereocenters. The third-order valence-electron chi connectivity index (χ3n) is 12.0. The van der Waals surface area contributed by atoms with Gasteiger partial charge in [-0.1, -0.05) is 18.2 Å². The largest absolute Gasteiger partial charge is 0.461 e. The van der Waals surface area contributed by atoms with Crippen LogP contribution in [0.1, 0.15) is 57.4 Å². The number of piperidine rings is 1. The number of pyridine rings is 1. The van der Waals surface area contributed by atoms with Crippen LogP contribution in [-0.4, -0.2) is 115 Å². The number of hydrogen-bond acceptors (Lipinski definition) is 11. The number of amides is 1. The molecule has 0 radical (unpaired) electrons. The SMILES string of the molecule is C[C@@]12CCCN(C1)c1nc(OC[C@@]34CCCN3C[C@H](F)C4)nc3c(F)c(ncc13)-c1cc(OS(=O)(=O)N3CC[C@@H](F)C3)cc3cccc(c13)CCCOC(=O)N2. The lowest BCUT2D eigenvalue weighted by molar-refractivity contribution is 0.107. The summed E-state index contributed by atoms with van der Waals surface area (Å²) in [6.45, 7) is 3.84. The van der Waals surface area contributed by atoms with Crippen LogP contribution in [0.2, 0.25) is 0 Å². The summed E-state index contributed by atoms with van der Waals surface area (Å²) in [5.74, 6) is -0.505. The van der Waals surface area contributed by atoms with Crippen LogP contribution in [0.25, 0.3) is 32.9 Å². The number of aromatic nitrogens is 3. The fraction of sp³-hybridized carbons (Fsp3) is 0.538. The van der Waals surface area contributed by atoms with Gasteiger partial charge in [0.25, 0.3) is 0 Å². The summed E-state index contributed by atoms with van der Waals surface area (Å²) in [4.78, 5) is 31.3. The van der Waals surface area contributed by atoms with E-state index >= 15 is 4.39 Å². The number of nitrogens with one attached hydrogen (secondary N) is 1. The van der Waals surface area contributed by atoms with Gasteiger partial charge >= 0.3 is 22.4 Å². The minimum absolute atomic E-state index is 0.0227. The monoisotopic (exact) mass is 795 g/mol. The van der Waals surface area contributed by atoms with E-state index in [9.17, 15) is 22.0 Å². The quantitative estimate of drug-likeness (QED) is 0.260. The van der Waals surface area contributed by atoms with Gasteiger partial charge in [-0.2, -0.15) is 22.7 Å². The van der Waals surface area contributed by atoms with Gasteiger partial charge in [-0.3, -0.25) is 9.88 Å². The van der Waals surface area contributed by atoms with E-state index in [4.69, 9.17) is 18.6 Å². The maximum absolute atomic E-state index is 17.5. The van der Waals surface area contributed by atoms with Crippen molar-refractivity contribution in [3.05, 3.63) is 47.9 Å². The van der Waals surface area contributed by atoms with Crippen LogP contribution in [0, 0.1) is 5.82 Å². The molecule has 1 amide bonds. The first-order valence-corrected chi connectivity index (χ1v) is 20.7. The van der Waals surface area contributed by atoms with Crippen molar-refractivity contribution >= 4 is 43.9 Å². The van der Waals surface area contributed by atoms with Crippen molar-refractivity contribution in [2.24, 2.45) is 0 Å². The molecule has 4 atom stereocenters. The molecule has 0 spiro atoms. The molecule has 4 aromatic rings. The van der Waals surface area contributed by atoms with Crippen LogP contribution in [0.4, 0.5) is 23.8 Å². The van der Waals surface area contributed by atoms with Crippen molar-refractivity contribution in [2.75, 3.05) is 57.4 Å². The van der Waals surface area contributed by atoms with Crippen LogP contribution in [0.3, 0.4) is 0 Å². The number of aryl methyl sites for hydroxylation is 1. The number of halogens is 3. The maximum atomic E-state index is 17.5. The molecule has 6 aliphatic rings. The average Bonchev–Trinajstić information content (AvgIpc) is 3.85. The molecule has 10 rings (SSSR count). The molecular formula is C39H44F3N7O6S. The first-order valence-electron chi connectivity index (χ1n) is 19.4. The number of rotatable bonds is 6. The standard InChI is InChI=1S/C39H44F3N7O6S/c1-38-10-4-12-47(22-38)35-30-19-43-33(32(42)34(30)44-36(45-35)54-23-39-11-5-13-48(39)20-27(41)18-39)29-17-28(55-56(51,52)49-14-9-26(40)21-49)16-25-7-2-6-24(31(25)29)8-3-15-53-37(50)46-38/h2,6-7,16-17,19,26-27H,3-5,8-15,18,20-23H2,1H3,(H,46,50)/t26-,27-,38-,39+/m1/s1. The minimum atomic E-state index is -4.39. The Kier molecular flexibility index (Phi) is 9.39. The van der Waals surface area contributed by atoms with E-state index in [0.717, 1.165) is 29.3 Å². The number of carbonyl (C=O) groups is 1. The van der Waals surface area contributed by atoms with E-state index in [2.05, 4.69) is 20.2 Å². The summed E-state index contributed by atoms with van der Waals surface area (Å²) in [5, 5.41) is 4.51. The van der Waals surface area contributed by atoms with Gasteiger partial charge in [0.1, 0.15) is 41.7 Å². The highest BCUT2D eigenvalue weighted by molar-refractivity contribution is 7.84. The number of ether oxygens (including phenoxy) is 2. The summed E-state index contributed by atoms with van der Waals surface area (Å²) in [5.41, 5.74) is -0.331. The van der Waals surface area contributed by atoms with E-state index < -0.39 is 45.6 Å². The number of nitrogens with zero attached hydrogens (tertiary/aromatic N) is 6. The molecule has 6 aliphatic heterocycles. The minimum Gasteiger partial charge on any atom is -0.461 e. The van der Waals surface area contributed by atoms with Gasteiger partial charge in [0.05, 0.1) is 23.1 Å². The van der Waals surface area contributed by atoms with Crippen molar-refractivity contribution in [2.45, 2.75) is 81.7 Å². The van der Waals surface area contributed by atoms with E-state index in [-0.39, 0.29) is 61.3 Å². The van der Waals surface area contributed by atoms with Crippen molar-refractivity contribution in [3.8, 4) is 23.0 Å². The van der Waals surface area contributed by atoms with Gasteiger partial charge in [-0.25, -0.2) is 18.0 Å². The van der Waals surface area contributed by atoms with Crippen molar-refractivity contribution < 1.29 is 40.0 Å². The molecule has 4 fully saturated rings. The number of fused-ring (bicyclic) bond motifs is 7. The zero-order valence-corrected chi connectivity index (χ0v) is 31.9. The lowest BCUT2D eigenvalue weighted by Crippen LogP contribution is -2.57. The molecule has 56 heavy (non-hydrogen) atoms. The molecule has 8 heterocycles. The maximum Gasteiger partial charge on any atom is 0.407 e. The van der Waals surface area contributed by atoms with Crippen molar-refractivity contribution in [3.63, 3.8) is 0 Å². The van der Waals surface area contributed by atoms with Crippen LogP contribution in [0.5, 0.6) is 11.8 Å². The molecule has 6 bridgehead atoms. The van der Waals surface area contributed by atoms with Gasteiger partial charge in [-0.15, -0.1) is 0 Å². The Morgan fingerprint density at radius 3 is 2.75 bits per heavy atom.